The standard InChI is InChI=1S/C19H33N5O7S/c1-10(25)15(23-16(27)11(20)5-6-14(21)26)18(29)24-8-3-4-13(24)17(28)22-12(19(30)31)7-9-32-2/h10-13,15,25H,3-9,20H2,1-2H3,(H2,21,26)(H,22,28)(H,23,27)(H,30,31). The lowest BCUT2D eigenvalue weighted by molar-refractivity contribution is -0.146. The van der Waals surface area contributed by atoms with Crippen LogP contribution in [0.4, 0.5) is 0 Å². The summed E-state index contributed by atoms with van der Waals surface area (Å²) in [6, 6.07) is -4.47. The molecule has 32 heavy (non-hydrogen) atoms. The predicted molar refractivity (Wildman–Crippen MR) is 117 cm³/mol. The molecule has 13 heteroatoms. The normalized spacial score (nSPS) is 19.5. The van der Waals surface area contributed by atoms with Crippen molar-refractivity contribution in [2.75, 3.05) is 18.6 Å². The van der Waals surface area contributed by atoms with Crippen molar-refractivity contribution in [1.29, 1.82) is 0 Å². The van der Waals surface area contributed by atoms with Gasteiger partial charge in [0.05, 0.1) is 12.1 Å². The number of aliphatic hydroxyl groups is 1. The molecule has 5 atom stereocenters. The summed E-state index contributed by atoms with van der Waals surface area (Å²) >= 11 is 1.45. The molecule has 0 aromatic carbocycles. The summed E-state index contributed by atoms with van der Waals surface area (Å²) < 4.78 is 0. The monoisotopic (exact) mass is 475 g/mol. The second-order valence-electron chi connectivity index (χ2n) is 7.71. The van der Waals surface area contributed by atoms with Crippen LogP contribution in [0.15, 0.2) is 0 Å². The number of carbonyl (C=O) groups is 5. The molecule has 1 fully saturated rings. The number of primary amides is 1. The Morgan fingerprint density at radius 3 is 2.38 bits per heavy atom. The second kappa shape index (κ2) is 13.2. The number of hydrogen-bond acceptors (Lipinski definition) is 8. The molecule has 0 bridgehead atoms. The first-order chi connectivity index (χ1) is 15.0. The number of nitrogens with zero attached hydrogens (tertiary/aromatic N) is 1. The van der Waals surface area contributed by atoms with E-state index in [1.807, 2.05) is 6.26 Å². The van der Waals surface area contributed by atoms with E-state index in [4.69, 9.17) is 11.5 Å². The van der Waals surface area contributed by atoms with Crippen molar-refractivity contribution in [2.24, 2.45) is 11.5 Å². The van der Waals surface area contributed by atoms with Gasteiger partial charge in [-0.05, 0) is 44.6 Å². The summed E-state index contributed by atoms with van der Waals surface area (Å²) in [6.07, 6.45) is 1.46. The quantitative estimate of drug-likeness (QED) is 0.170. The molecule has 0 aromatic heterocycles. The van der Waals surface area contributed by atoms with Crippen LogP contribution in [0.2, 0.25) is 0 Å². The Labute approximate surface area is 190 Å². The minimum atomic E-state index is -1.36. The highest BCUT2D eigenvalue weighted by molar-refractivity contribution is 7.98. The fourth-order valence-electron chi connectivity index (χ4n) is 3.32. The molecule has 1 aliphatic rings. The van der Waals surface area contributed by atoms with E-state index in [1.165, 1.54) is 23.6 Å². The van der Waals surface area contributed by atoms with Gasteiger partial charge in [-0.3, -0.25) is 19.2 Å². The minimum absolute atomic E-state index is 0.0245. The number of amides is 4. The summed E-state index contributed by atoms with van der Waals surface area (Å²) in [7, 11) is 0. The van der Waals surface area contributed by atoms with Gasteiger partial charge in [-0.15, -0.1) is 0 Å². The first-order valence-corrected chi connectivity index (χ1v) is 11.7. The van der Waals surface area contributed by atoms with Gasteiger partial charge in [0.2, 0.25) is 23.6 Å². The summed E-state index contributed by atoms with van der Waals surface area (Å²) in [4.78, 5) is 61.6. The molecule has 0 aliphatic carbocycles. The number of carboxylic acids is 1. The lowest BCUT2D eigenvalue weighted by atomic mass is 10.1. The third kappa shape index (κ3) is 8.28. The third-order valence-electron chi connectivity index (χ3n) is 5.15. The summed E-state index contributed by atoms with van der Waals surface area (Å²) in [6.45, 7) is 1.53. The molecule has 0 spiro atoms. The van der Waals surface area contributed by atoms with Crippen LogP contribution in [0.1, 0.15) is 39.0 Å². The first-order valence-electron chi connectivity index (χ1n) is 10.3. The van der Waals surface area contributed by atoms with Crippen molar-refractivity contribution in [3.8, 4) is 0 Å². The lowest BCUT2D eigenvalue weighted by Crippen LogP contribution is -2.59. The average molecular weight is 476 g/mol. The van der Waals surface area contributed by atoms with Crippen LogP contribution < -0.4 is 22.1 Å². The van der Waals surface area contributed by atoms with E-state index >= 15 is 0 Å². The number of nitrogens with one attached hydrogen (secondary N) is 2. The van der Waals surface area contributed by atoms with Gasteiger partial charge in [0.15, 0.2) is 0 Å². The molecule has 4 amide bonds. The van der Waals surface area contributed by atoms with E-state index in [9.17, 15) is 34.2 Å². The van der Waals surface area contributed by atoms with E-state index in [2.05, 4.69) is 10.6 Å². The topological polar surface area (TPSA) is 205 Å². The number of carbonyl (C=O) groups excluding carboxylic acids is 4. The molecule has 1 rings (SSSR count). The van der Waals surface area contributed by atoms with Crippen LogP contribution in [-0.4, -0.2) is 93.5 Å². The molecule has 0 aromatic rings. The number of rotatable bonds is 13. The fourth-order valence-corrected chi connectivity index (χ4v) is 3.79. The van der Waals surface area contributed by atoms with E-state index in [0.717, 1.165) is 0 Å². The largest absolute Gasteiger partial charge is 0.480 e. The summed E-state index contributed by atoms with van der Waals surface area (Å²) in [5, 5.41) is 24.3. The van der Waals surface area contributed by atoms with Crippen LogP contribution >= 0.6 is 11.8 Å². The highest BCUT2D eigenvalue weighted by Crippen LogP contribution is 2.20. The maximum Gasteiger partial charge on any atom is 0.326 e. The number of likely N-dealkylation sites (tertiary alicyclic amines) is 1. The molecular formula is C19H33N5O7S. The van der Waals surface area contributed by atoms with Crippen LogP contribution in [0.5, 0.6) is 0 Å². The van der Waals surface area contributed by atoms with Gasteiger partial charge in [-0.2, -0.15) is 11.8 Å². The Kier molecular flexibility index (Phi) is 11.4. The minimum Gasteiger partial charge on any atom is -0.480 e. The van der Waals surface area contributed by atoms with Crippen LogP contribution in [0, 0.1) is 0 Å². The molecule has 1 heterocycles. The fraction of sp³-hybridized carbons (Fsp3) is 0.737. The molecule has 182 valence electrons. The Morgan fingerprint density at radius 2 is 1.84 bits per heavy atom. The maximum absolute atomic E-state index is 13.1. The van der Waals surface area contributed by atoms with E-state index < -0.39 is 59.9 Å². The summed E-state index contributed by atoms with van der Waals surface area (Å²) in [5.74, 6) is -3.27. The Hall–Kier alpha value is -2.38. The van der Waals surface area contributed by atoms with E-state index in [0.29, 0.717) is 18.6 Å². The zero-order chi connectivity index (χ0) is 24.4. The third-order valence-corrected chi connectivity index (χ3v) is 5.79. The van der Waals surface area contributed by atoms with Crippen molar-refractivity contribution in [3.63, 3.8) is 0 Å². The first kappa shape index (κ1) is 27.7. The second-order valence-corrected chi connectivity index (χ2v) is 8.69. The average Bonchev–Trinajstić information content (AvgIpc) is 3.21. The molecule has 5 unspecified atom stereocenters. The smallest absolute Gasteiger partial charge is 0.326 e. The van der Waals surface area contributed by atoms with Crippen LogP contribution in [0.25, 0.3) is 0 Å². The number of thioether (sulfide) groups is 1. The number of carboxylic acid groups (broad SMARTS) is 1. The van der Waals surface area contributed by atoms with Crippen molar-refractivity contribution in [2.45, 2.75) is 69.3 Å². The zero-order valence-corrected chi connectivity index (χ0v) is 19.1. The molecular weight excluding hydrogens is 442 g/mol. The number of aliphatic carboxylic acids is 1. The van der Waals surface area contributed by atoms with Crippen molar-refractivity contribution < 1.29 is 34.2 Å². The Bertz CT molecular complexity index is 706. The SMILES string of the molecule is CSCCC(NC(=O)C1CCCN1C(=O)C(NC(=O)C(N)CCC(N)=O)C(C)O)C(=O)O. The zero-order valence-electron chi connectivity index (χ0n) is 18.3. The number of aliphatic hydroxyl groups excluding tert-OH is 1. The van der Waals surface area contributed by atoms with Crippen LogP contribution in [-0.2, 0) is 24.0 Å². The Balaban J connectivity index is 2.86. The number of hydrogen-bond donors (Lipinski definition) is 6. The predicted octanol–water partition coefficient (Wildman–Crippen LogP) is -2.24. The van der Waals surface area contributed by atoms with Crippen molar-refractivity contribution in [1.82, 2.24) is 15.5 Å². The summed E-state index contributed by atoms with van der Waals surface area (Å²) in [5.41, 5.74) is 10.8. The molecule has 8 N–H and O–H groups in total. The van der Waals surface area contributed by atoms with E-state index in [-0.39, 0.29) is 25.8 Å². The van der Waals surface area contributed by atoms with E-state index in [1.54, 1.807) is 0 Å². The van der Waals surface area contributed by atoms with Crippen molar-refractivity contribution >= 4 is 41.4 Å². The lowest BCUT2D eigenvalue weighted by Gasteiger charge is -2.31. The molecule has 1 saturated heterocycles. The van der Waals surface area contributed by atoms with Gasteiger partial charge in [-0.1, -0.05) is 0 Å². The molecule has 12 nitrogen and oxygen atoms in total. The highest BCUT2D eigenvalue weighted by Gasteiger charge is 2.40. The van der Waals surface area contributed by atoms with Crippen molar-refractivity contribution in [3.05, 3.63) is 0 Å². The Morgan fingerprint density at radius 1 is 1.19 bits per heavy atom. The maximum atomic E-state index is 13.1. The van der Waals surface area contributed by atoms with Crippen LogP contribution in [0.3, 0.4) is 0 Å². The molecule has 0 radical (unpaired) electrons. The number of nitrogens with two attached hydrogens (primary N) is 2. The van der Waals surface area contributed by atoms with Gasteiger partial charge in [0.1, 0.15) is 18.1 Å². The van der Waals surface area contributed by atoms with Gasteiger partial charge in [0, 0.05) is 13.0 Å². The molecule has 0 saturated carbocycles. The van der Waals surface area contributed by atoms with Gasteiger partial charge < -0.3 is 37.2 Å². The van der Waals surface area contributed by atoms with Gasteiger partial charge >= 0.3 is 5.97 Å². The molecule has 1 aliphatic heterocycles. The highest BCUT2D eigenvalue weighted by atomic mass is 32.2. The van der Waals surface area contributed by atoms with Gasteiger partial charge in [-0.25, -0.2) is 4.79 Å². The van der Waals surface area contributed by atoms with Gasteiger partial charge in [0.25, 0.3) is 0 Å².